The van der Waals surface area contributed by atoms with Crippen LogP contribution in [0.5, 0.6) is 5.75 Å². The minimum atomic E-state index is -4.42. The maximum atomic E-state index is 15.4. The zero-order chi connectivity index (χ0) is 28.3. The monoisotopic (exact) mass is 558 g/mol. The normalized spacial score (nSPS) is 25.2. The second kappa shape index (κ2) is 11.6. The Morgan fingerprint density at radius 2 is 1.97 bits per heavy atom. The molecule has 3 rings (SSSR count). The number of benzene rings is 1. The lowest BCUT2D eigenvalue weighted by Crippen LogP contribution is -2.44. The fraction of sp³-hybridized carbons (Fsp3) is 0.478. The second-order valence-electron chi connectivity index (χ2n) is 8.85. The van der Waals surface area contributed by atoms with E-state index in [4.69, 9.17) is 18.5 Å². The van der Waals surface area contributed by atoms with Gasteiger partial charge in [-0.15, -0.1) is 0 Å². The summed E-state index contributed by atoms with van der Waals surface area (Å²) < 4.78 is 64.4. The Balaban J connectivity index is 1.85. The number of halogens is 2. The van der Waals surface area contributed by atoms with Gasteiger partial charge in [-0.1, -0.05) is 23.0 Å². The molecule has 0 spiro atoms. The molecule has 0 bridgehead atoms. The van der Waals surface area contributed by atoms with Crippen LogP contribution in [-0.2, 0) is 23.4 Å². The van der Waals surface area contributed by atoms with Gasteiger partial charge in [-0.25, -0.2) is 18.5 Å². The molecular formula is C23H27F2N3O9P+. The fourth-order valence-corrected chi connectivity index (χ4v) is 4.60. The number of aliphatic hydroxyl groups excluding tert-OH is 1. The topological polar surface area (TPSA) is 151 Å². The van der Waals surface area contributed by atoms with E-state index in [-0.39, 0.29) is 5.75 Å². The molecule has 1 fully saturated rings. The lowest BCUT2D eigenvalue weighted by atomic mass is 9.98. The van der Waals surface area contributed by atoms with Crippen LogP contribution in [-0.4, -0.2) is 57.3 Å². The van der Waals surface area contributed by atoms with Gasteiger partial charge in [0.05, 0.1) is 18.9 Å². The van der Waals surface area contributed by atoms with Gasteiger partial charge in [0.1, 0.15) is 18.0 Å². The maximum absolute atomic E-state index is 15.4. The third-order valence-corrected chi connectivity index (χ3v) is 6.64. The van der Waals surface area contributed by atoms with Crippen molar-refractivity contribution >= 4 is 13.6 Å². The van der Waals surface area contributed by atoms with Crippen LogP contribution in [0.4, 0.5) is 8.78 Å². The van der Waals surface area contributed by atoms with Crippen molar-refractivity contribution in [2.75, 3.05) is 6.61 Å². The maximum Gasteiger partial charge on any atom is 0.530 e. The Hall–Kier alpha value is -3.37. The number of aliphatic hydroxyl groups is 1. The molecule has 0 aliphatic carbocycles. The first kappa shape index (κ1) is 29.2. The van der Waals surface area contributed by atoms with E-state index in [1.807, 2.05) is 0 Å². The predicted octanol–water partition coefficient (Wildman–Crippen LogP) is 2.58. The van der Waals surface area contributed by atoms with Gasteiger partial charge < -0.3 is 19.1 Å². The second-order valence-corrected chi connectivity index (χ2v) is 10.5. The van der Waals surface area contributed by atoms with Crippen LogP contribution in [0.3, 0.4) is 0 Å². The molecule has 12 nitrogen and oxygen atoms in total. The zero-order valence-electron chi connectivity index (χ0n) is 20.9. The van der Waals surface area contributed by atoms with Crippen LogP contribution < -0.4 is 15.8 Å². The van der Waals surface area contributed by atoms with E-state index in [9.17, 15) is 28.4 Å². The number of para-hydroxylation sites is 1. The minimum absolute atomic E-state index is 0.0901. The van der Waals surface area contributed by atoms with Crippen LogP contribution in [0.2, 0.25) is 0 Å². The predicted molar refractivity (Wildman–Crippen MR) is 129 cm³/mol. The molecule has 1 aliphatic rings. The molecule has 206 valence electrons. The summed E-state index contributed by atoms with van der Waals surface area (Å²) in [7, 11) is -4.42. The van der Waals surface area contributed by atoms with Crippen molar-refractivity contribution < 1.29 is 41.8 Å². The van der Waals surface area contributed by atoms with Crippen molar-refractivity contribution in [1.82, 2.24) is 9.55 Å². The molecule has 38 heavy (non-hydrogen) atoms. The molecule has 15 heteroatoms. The summed E-state index contributed by atoms with van der Waals surface area (Å²) in [5.41, 5.74) is -5.16. The number of hydrogen-bond acceptors (Lipinski definition) is 9. The van der Waals surface area contributed by atoms with E-state index in [2.05, 4.69) is 10.7 Å². The highest BCUT2D eigenvalue weighted by Gasteiger charge is 2.56. The summed E-state index contributed by atoms with van der Waals surface area (Å²) in [6, 6.07) is 6.64. The summed E-state index contributed by atoms with van der Waals surface area (Å²) in [4.78, 5) is 41.0. The average molecular weight is 558 g/mol. The summed E-state index contributed by atoms with van der Waals surface area (Å²) in [5.74, 6) is 0.174. The van der Waals surface area contributed by atoms with Gasteiger partial charge in [0, 0.05) is 6.92 Å². The van der Waals surface area contributed by atoms with Crippen molar-refractivity contribution in [2.24, 2.45) is 0 Å². The Morgan fingerprint density at radius 3 is 2.61 bits per heavy atom. The van der Waals surface area contributed by atoms with Gasteiger partial charge in [-0.2, -0.15) is 4.39 Å². The molecule has 6 atom stereocenters. The highest BCUT2D eigenvalue weighted by atomic mass is 31.2. The highest BCUT2D eigenvalue weighted by molar-refractivity contribution is 7.59. The number of esters is 1. The molecule has 0 amide bonds. The van der Waals surface area contributed by atoms with Crippen molar-refractivity contribution in [3.05, 3.63) is 68.0 Å². The number of carbonyl (C=O) groups is 1. The molecule has 1 saturated heterocycles. The van der Waals surface area contributed by atoms with Crippen molar-refractivity contribution in [3.63, 3.8) is 0 Å². The van der Waals surface area contributed by atoms with Crippen LogP contribution in [0.15, 0.2) is 46.1 Å². The SMILES string of the molecule is CC(C)OC(=O)[C@H](C)[N+]#CP(=O)(OC[C@H]1O[C@@H](n2cc(F)c(=O)[nH]c2=O)C(C)(F)[C@H]1O)Oc1ccccc1. The lowest BCUT2D eigenvalue weighted by molar-refractivity contribution is -0.147. The number of alkyl halides is 1. The largest absolute Gasteiger partial charge is 0.530 e. The Labute approximate surface area is 215 Å². The molecule has 0 radical (unpaired) electrons. The Bertz CT molecular complexity index is 1380. The fourth-order valence-electron chi connectivity index (χ4n) is 3.39. The number of nitrogens with one attached hydrogen (secondary N) is 1. The molecule has 2 unspecified atom stereocenters. The third kappa shape index (κ3) is 6.73. The van der Waals surface area contributed by atoms with Gasteiger partial charge in [0.25, 0.3) is 5.56 Å². The summed E-state index contributed by atoms with van der Waals surface area (Å²) in [6.45, 7) is 4.79. The molecule has 2 aromatic rings. The van der Waals surface area contributed by atoms with Gasteiger partial charge in [-0.05, 0) is 32.9 Å². The number of ether oxygens (including phenoxy) is 2. The van der Waals surface area contributed by atoms with Crippen molar-refractivity contribution in [2.45, 2.75) is 63.9 Å². The molecular weight excluding hydrogens is 531 g/mol. The Kier molecular flexibility index (Phi) is 8.89. The van der Waals surface area contributed by atoms with E-state index in [1.165, 1.54) is 19.1 Å². The highest BCUT2D eigenvalue weighted by Crippen LogP contribution is 2.49. The number of carbonyl (C=O) groups excluding carboxylic acids is 1. The van der Waals surface area contributed by atoms with Gasteiger partial charge in [0.2, 0.25) is 5.82 Å². The zero-order valence-corrected chi connectivity index (χ0v) is 21.8. The standard InChI is InChI=1S/C23H26F2N3O9P/c1-13(2)35-20(31)14(3)26-12-38(33,37-15-8-6-5-7-9-15)34-11-17-18(29)23(4,25)21(36-17)28-10-16(24)19(30)27-22(28)32/h5-10,13-14,17-18,21,29H,11H2,1-4H3/p+1/t14-,17+,18-,21+,23?,38?/m0/s1. The van der Waals surface area contributed by atoms with Crippen LogP contribution >= 0.6 is 7.60 Å². The van der Waals surface area contributed by atoms with Crippen LogP contribution in [0, 0.1) is 11.6 Å². The van der Waals surface area contributed by atoms with E-state index in [1.54, 1.807) is 37.0 Å². The van der Waals surface area contributed by atoms with Crippen molar-refractivity contribution in [1.29, 1.82) is 0 Å². The van der Waals surface area contributed by atoms with Gasteiger partial charge in [-0.3, -0.25) is 18.9 Å². The van der Waals surface area contributed by atoms with Gasteiger partial charge in [0.15, 0.2) is 11.9 Å². The van der Waals surface area contributed by atoms with E-state index < -0.39 is 73.5 Å². The molecule has 2 N–H and O–H groups in total. The molecule has 0 saturated carbocycles. The quantitative estimate of drug-likeness (QED) is 0.368. The van der Waals surface area contributed by atoms with Crippen LogP contribution in [0.1, 0.15) is 33.9 Å². The number of aromatic amines is 1. The number of nitrogens with zero attached hydrogens (tertiary/aromatic N) is 2. The first-order valence-corrected chi connectivity index (χ1v) is 13.0. The Morgan fingerprint density at radius 1 is 1.32 bits per heavy atom. The first-order valence-electron chi connectivity index (χ1n) is 11.4. The third-order valence-electron chi connectivity index (χ3n) is 5.34. The molecule has 1 aliphatic heterocycles. The summed E-state index contributed by atoms with van der Waals surface area (Å²) in [6.07, 6.45) is -5.33. The average Bonchev–Trinajstić information content (AvgIpc) is 3.07. The lowest BCUT2D eigenvalue weighted by Gasteiger charge is -2.24. The number of rotatable bonds is 8. The van der Waals surface area contributed by atoms with E-state index in [0.29, 0.717) is 10.8 Å². The molecule has 1 aromatic carbocycles. The first-order chi connectivity index (χ1) is 17.7. The van der Waals surface area contributed by atoms with Crippen molar-refractivity contribution in [3.8, 4) is 11.6 Å². The number of H-pyrrole nitrogens is 1. The van der Waals surface area contributed by atoms with E-state index in [0.717, 1.165) is 6.92 Å². The van der Waals surface area contributed by atoms with Crippen LogP contribution in [0.25, 0.3) is 4.85 Å². The number of hydrogen-bond donors (Lipinski definition) is 2. The summed E-state index contributed by atoms with van der Waals surface area (Å²) >= 11 is 0. The number of aromatic nitrogens is 2. The summed E-state index contributed by atoms with van der Waals surface area (Å²) in [5, 5.41) is 10.5. The minimum Gasteiger partial charge on any atom is -0.457 e. The van der Waals surface area contributed by atoms with Gasteiger partial charge >= 0.3 is 31.1 Å². The molecule has 1 aromatic heterocycles. The smallest absolute Gasteiger partial charge is 0.457 e. The van der Waals surface area contributed by atoms with E-state index >= 15 is 4.39 Å². The molecule has 2 heterocycles.